The second kappa shape index (κ2) is 6.12. The Labute approximate surface area is 127 Å². The van der Waals surface area contributed by atoms with Crippen LogP contribution in [-0.2, 0) is 6.54 Å². The summed E-state index contributed by atoms with van der Waals surface area (Å²) < 4.78 is 16.5. The number of halogens is 2. The van der Waals surface area contributed by atoms with E-state index >= 15 is 0 Å². The summed E-state index contributed by atoms with van der Waals surface area (Å²) in [4.78, 5) is 0. The normalized spacial score (nSPS) is 17.4. The standard InChI is InChI=1S/C14H15Cl2NO3/c15-5-10(16)7-18-12-4-14-13(19-8-20-14)3-9(12)6-17-11-1-2-11/h3-5,11,17H,1-2,6-8H2. The van der Waals surface area contributed by atoms with Crippen molar-refractivity contribution >= 4 is 23.2 Å². The third-order valence-electron chi connectivity index (χ3n) is 3.20. The SMILES string of the molecule is ClC=C(Cl)COc1cc2c(cc1CNC1CC1)OCO2. The van der Waals surface area contributed by atoms with Gasteiger partial charge in [-0.3, -0.25) is 0 Å². The van der Waals surface area contributed by atoms with Crippen LogP contribution in [0.5, 0.6) is 17.2 Å². The van der Waals surface area contributed by atoms with Crippen molar-refractivity contribution in [3.63, 3.8) is 0 Å². The Kier molecular flexibility index (Phi) is 4.24. The molecule has 1 fully saturated rings. The average Bonchev–Trinajstić information content (AvgIpc) is 3.19. The molecule has 2 aliphatic rings. The minimum Gasteiger partial charge on any atom is -0.487 e. The molecule has 108 valence electrons. The third-order valence-corrected chi connectivity index (χ3v) is 3.79. The Bertz CT molecular complexity index is 529. The summed E-state index contributed by atoms with van der Waals surface area (Å²) >= 11 is 11.4. The number of benzene rings is 1. The first kappa shape index (κ1) is 13.9. The number of rotatable bonds is 6. The predicted octanol–water partition coefficient (Wildman–Crippen LogP) is 3.37. The maximum Gasteiger partial charge on any atom is 0.231 e. The van der Waals surface area contributed by atoms with E-state index in [1.807, 2.05) is 12.1 Å². The average molecular weight is 316 g/mol. The lowest BCUT2D eigenvalue weighted by molar-refractivity contribution is 0.174. The van der Waals surface area contributed by atoms with Gasteiger partial charge in [-0.1, -0.05) is 23.2 Å². The van der Waals surface area contributed by atoms with Crippen LogP contribution in [0.25, 0.3) is 0 Å². The fourth-order valence-corrected chi connectivity index (χ4v) is 2.08. The molecule has 3 rings (SSSR count). The van der Waals surface area contributed by atoms with Gasteiger partial charge in [-0.2, -0.15) is 0 Å². The van der Waals surface area contributed by atoms with Crippen LogP contribution in [0.4, 0.5) is 0 Å². The maximum absolute atomic E-state index is 5.85. The quantitative estimate of drug-likeness (QED) is 0.873. The zero-order chi connectivity index (χ0) is 13.9. The van der Waals surface area contributed by atoms with E-state index in [1.165, 1.54) is 18.4 Å². The van der Waals surface area contributed by atoms with Gasteiger partial charge in [0, 0.05) is 29.8 Å². The van der Waals surface area contributed by atoms with Gasteiger partial charge in [0.15, 0.2) is 11.5 Å². The van der Waals surface area contributed by atoms with Crippen molar-refractivity contribution in [1.29, 1.82) is 0 Å². The van der Waals surface area contributed by atoms with Crippen molar-refractivity contribution in [2.24, 2.45) is 0 Å². The highest BCUT2D eigenvalue weighted by molar-refractivity contribution is 6.36. The lowest BCUT2D eigenvalue weighted by atomic mass is 10.1. The Balaban J connectivity index is 1.76. The second-order valence-corrected chi connectivity index (χ2v) is 5.52. The fourth-order valence-electron chi connectivity index (χ4n) is 1.96. The largest absolute Gasteiger partial charge is 0.487 e. The minimum atomic E-state index is 0.237. The third kappa shape index (κ3) is 3.32. The fraction of sp³-hybridized carbons (Fsp3) is 0.429. The van der Waals surface area contributed by atoms with Gasteiger partial charge in [0.05, 0.1) is 5.03 Å². The van der Waals surface area contributed by atoms with E-state index in [0.717, 1.165) is 23.6 Å². The van der Waals surface area contributed by atoms with Gasteiger partial charge in [-0.05, 0) is 18.9 Å². The van der Waals surface area contributed by atoms with Gasteiger partial charge in [0.2, 0.25) is 6.79 Å². The van der Waals surface area contributed by atoms with Gasteiger partial charge in [0.1, 0.15) is 12.4 Å². The Morgan fingerprint density at radius 2 is 2.10 bits per heavy atom. The molecule has 6 heteroatoms. The van der Waals surface area contributed by atoms with Crippen molar-refractivity contribution < 1.29 is 14.2 Å². The molecule has 0 aromatic heterocycles. The summed E-state index contributed by atoms with van der Waals surface area (Å²) in [6.07, 6.45) is 2.48. The van der Waals surface area contributed by atoms with Crippen LogP contribution >= 0.6 is 23.2 Å². The summed E-state index contributed by atoms with van der Waals surface area (Å²) in [6, 6.07) is 4.41. The topological polar surface area (TPSA) is 39.7 Å². The number of hydrogen-bond donors (Lipinski definition) is 1. The summed E-state index contributed by atoms with van der Waals surface area (Å²) in [7, 11) is 0. The van der Waals surface area contributed by atoms with Gasteiger partial charge < -0.3 is 19.5 Å². The monoisotopic (exact) mass is 315 g/mol. The van der Waals surface area contributed by atoms with Gasteiger partial charge in [-0.25, -0.2) is 0 Å². The Morgan fingerprint density at radius 3 is 2.80 bits per heavy atom. The van der Waals surface area contributed by atoms with E-state index in [1.54, 1.807) is 0 Å². The first-order valence-corrected chi connectivity index (χ1v) is 7.31. The molecule has 0 spiro atoms. The second-order valence-electron chi connectivity index (χ2n) is 4.81. The molecule has 0 saturated heterocycles. The van der Waals surface area contributed by atoms with Crippen molar-refractivity contribution in [2.45, 2.75) is 25.4 Å². The molecule has 1 heterocycles. The smallest absolute Gasteiger partial charge is 0.231 e. The zero-order valence-corrected chi connectivity index (χ0v) is 12.3. The van der Waals surface area contributed by atoms with E-state index < -0.39 is 0 Å². The molecule has 1 saturated carbocycles. The van der Waals surface area contributed by atoms with Crippen LogP contribution < -0.4 is 19.5 Å². The van der Waals surface area contributed by atoms with Crippen LogP contribution in [0.2, 0.25) is 0 Å². The van der Waals surface area contributed by atoms with Crippen LogP contribution in [-0.4, -0.2) is 19.4 Å². The highest BCUT2D eigenvalue weighted by Crippen LogP contribution is 2.38. The van der Waals surface area contributed by atoms with E-state index in [0.29, 0.717) is 16.8 Å². The summed E-state index contributed by atoms with van der Waals surface area (Å²) in [5, 5.41) is 3.91. The predicted molar refractivity (Wildman–Crippen MR) is 77.7 cm³/mol. The molecular weight excluding hydrogens is 301 g/mol. The van der Waals surface area contributed by atoms with Crippen molar-refractivity contribution in [2.75, 3.05) is 13.4 Å². The highest BCUT2D eigenvalue weighted by Gasteiger charge is 2.22. The number of fused-ring (bicyclic) bond motifs is 1. The lowest BCUT2D eigenvalue weighted by Crippen LogP contribution is -2.16. The van der Waals surface area contributed by atoms with Gasteiger partial charge >= 0.3 is 0 Å². The molecule has 0 unspecified atom stereocenters. The van der Waals surface area contributed by atoms with Crippen LogP contribution in [0, 0.1) is 0 Å². The van der Waals surface area contributed by atoms with Gasteiger partial charge in [-0.15, -0.1) is 0 Å². The van der Waals surface area contributed by atoms with E-state index in [-0.39, 0.29) is 13.4 Å². The van der Waals surface area contributed by atoms with E-state index in [2.05, 4.69) is 5.32 Å². The molecule has 4 nitrogen and oxygen atoms in total. The first-order chi connectivity index (χ1) is 9.76. The Hall–Kier alpha value is -1.10. The maximum atomic E-state index is 5.85. The molecule has 1 N–H and O–H groups in total. The molecule has 0 radical (unpaired) electrons. The van der Waals surface area contributed by atoms with Crippen LogP contribution in [0.1, 0.15) is 18.4 Å². The minimum absolute atomic E-state index is 0.237. The molecule has 1 aliphatic heterocycles. The van der Waals surface area contributed by atoms with E-state index in [4.69, 9.17) is 37.4 Å². The van der Waals surface area contributed by atoms with Crippen molar-refractivity contribution in [3.05, 3.63) is 28.3 Å². The molecule has 1 aliphatic carbocycles. The Morgan fingerprint density at radius 1 is 1.35 bits per heavy atom. The van der Waals surface area contributed by atoms with Crippen molar-refractivity contribution in [1.82, 2.24) is 5.32 Å². The molecule has 0 bridgehead atoms. The summed E-state index contributed by atoms with van der Waals surface area (Å²) in [5.41, 5.74) is 2.33. The summed E-state index contributed by atoms with van der Waals surface area (Å²) in [5.74, 6) is 2.18. The molecule has 0 atom stereocenters. The number of nitrogens with one attached hydrogen (secondary N) is 1. The van der Waals surface area contributed by atoms with E-state index in [9.17, 15) is 0 Å². The molecule has 1 aromatic rings. The summed E-state index contributed by atoms with van der Waals surface area (Å²) in [6.45, 7) is 1.22. The zero-order valence-electron chi connectivity index (χ0n) is 10.8. The van der Waals surface area contributed by atoms with Crippen LogP contribution in [0.15, 0.2) is 22.7 Å². The number of ether oxygens (including phenoxy) is 3. The first-order valence-electron chi connectivity index (χ1n) is 6.49. The van der Waals surface area contributed by atoms with Crippen LogP contribution in [0.3, 0.4) is 0 Å². The molecule has 20 heavy (non-hydrogen) atoms. The van der Waals surface area contributed by atoms with Crippen molar-refractivity contribution in [3.8, 4) is 17.2 Å². The number of hydrogen-bond acceptors (Lipinski definition) is 4. The van der Waals surface area contributed by atoms with Gasteiger partial charge in [0.25, 0.3) is 0 Å². The highest BCUT2D eigenvalue weighted by atomic mass is 35.5. The molecule has 0 amide bonds. The lowest BCUT2D eigenvalue weighted by Gasteiger charge is -2.13. The molecule has 1 aromatic carbocycles. The molecular formula is C14H15Cl2NO3.